The van der Waals surface area contributed by atoms with Gasteiger partial charge in [0.25, 0.3) is 0 Å². The van der Waals surface area contributed by atoms with E-state index in [9.17, 15) is 4.79 Å². The van der Waals surface area contributed by atoms with E-state index >= 15 is 0 Å². The van der Waals surface area contributed by atoms with Crippen molar-refractivity contribution >= 4 is 5.97 Å². The second-order valence-corrected chi connectivity index (χ2v) is 4.66. The van der Waals surface area contributed by atoms with Gasteiger partial charge in [-0.1, -0.05) is 31.4 Å². The van der Waals surface area contributed by atoms with Crippen LogP contribution in [0.1, 0.15) is 13.8 Å². The molecule has 1 saturated heterocycles. The first-order chi connectivity index (χ1) is 8.48. The molecule has 0 bridgehead atoms. The van der Waals surface area contributed by atoms with E-state index in [-0.39, 0.29) is 18.8 Å². The number of ether oxygens (including phenoxy) is 3. The lowest BCUT2D eigenvalue weighted by Gasteiger charge is -2.33. The molecule has 0 spiro atoms. The predicted molar refractivity (Wildman–Crippen MR) is 69.2 cm³/mol. The summed E-state index contributed by atoms with van der Waals surface area (Å²) in [7, 11) is 0. The summed E-state index contributed by atoms with van der Waals surface area (Å²) >= 11 is 0. The van der Waals surface area contributed by atoms with E-state index in [0.717, 1.165) is 5.57 Å². The maximum Gasteiger partial charge on any atom is 0.338 e. The van der Waals surface area contributed by atoms with Crippen LogP contribution in [0.2, 0.25) is 0 Å². The molecule has 1 heterocycles. The molecule has 0 saturated carbocycles. The minimum Gasteiger partial charge on any atom is -0.459 e. The van der Waals surface area contributed by atoms with Gasteiger partial charge < -0.3 is 14.2 Å². The van der Waals surface area contributed by atoms with Crippen molar-refractivity contribution in [2.45, 2.75) is 25.6 Å². The van der Waals surface area contributed by atoms with Gasteiger partial charge in [0.15, 0.2) is 6.10 Å². The van der Waals surface area contributed by atoms with Crippen LogP contribution in [-0.4, -0.2) is 37.5 Å². The zero-order chi connectivity index (χ0) is 13.6. The van der Waals surface area contributed by atoms with Crippen LogP contribution in [-0.2, 0) is 19.0 Å². The molecular weight excluding hydrogens is 232 g/mol. The van der Waals surface area contributed by atoms with E-state index in [1.165, 1.54) is 0 Å². The van der Waals surface area contributed by atoms with Gasteiger partial charge in [0.2, 0.25) is 0 Å². The Morgan fingerprint density at radius 3 is 2.72 bits per heavy atom. The van der Waals surface area contributed by atoms with Crippen LogP contribution < -0.4 is 0 Å². The van der Waals surface area contributed by atoms with E-state index < -0.39 is 12.1 Å². The van der Waals surface area contributed by atoms with Crippen LogP contribution in [0, 0.1) is 0 Å². The van der Waals surface area contributed by atoms with E-state index in [1.54, 1.807) is 18.2 Å². The summed E-state index contributed by atoms with van der Waals surface area (Å²) in [4.78, 5) is 11.7. The SMILES string of the molecule is C=C/C=C(\C=C)COC(=O)C1COC(C)(C)CO1. The van der Waals surface area contributed by atoms with Crippen molar-refractivity contribution in [3.05, 3.63) is 37.0 Å². The Bertz CT molecular complexity index is 345. The Balaban J connectivity index is 2.40. The van der Waals surface area contributed by atoms with E-state index in [2.05, 4.69) is 13.2 Å². The fourth-order valence-electron chi connectivity index (χ4n) is 1.40. The highest BCUT2D eigenvalue weighted by molar-refractivity contribution is 5.75. The summed E-state index contributed by atoms with van der Waals surface area (Å²) < 4.78 is 16.0. The first-order valence-electron chi connectivity index (χ1n) is 5.85. The Hall–Kier alpha value is -1.39. The molecule has 1 atom stereocenters. The summed E-state index contributed by atoms with van der Waals surface area (Å²) in [6.07, 6.45) is 4.33. The smallest absolute Gasteiger partial charge is 0.338 e. The monoisotopic (exact) mass is 252 g/mol. The summed E-state index contributed by atoms with van der Waals surface area (Å²) in [5.74, 6) is -0.415. The number of rotatable bonds is 5. The molecular formula is C14H20O4. The van der Waals surface area contributed by atoms with Crippen molar-refractivity contribution in [1.82, 2.24) is 0 Å². The first kappa shape index (κ1) is 14.7. The summed E-state index contributed by atoms with van der Waals surface area (Å²) in [6.45, 7) is 11.8. The number of hydrogen-bond acceptors (Lipinski definition) is 4. The average molecular weight is 252 g/mol. The molecule has 0 aromatic rings. The molecule has 1 aliphatic rings. The molecule has 100 valence electrons. The fourth-order valence-corrected chi connectivity index (χ4v) is 1.40. The standard InChI is InChI=1S/C14H20O4/c1-5-7-11(6-2)8-16-13(15)12-9-18-14(3,4)10-17-12/h5-7,12H,1-2,8-10H2,3-4H3/b11-7+. The van der Waals surface area contributed by atoms with Gasteiger partial charge in [-0.2, -0.15) is 0 Å². The molecule has 1 aliphatic heterocycles. The molecule has 0 aliphatic carbocycles. The number of carbonyl (C=O) groups excluding carboxylic acids is 1. The van der Waals surface area contributed by atoms with E-state index in [4.69, 9.17) is 14.2 Å². The number of allylic oxidation sites excluding steroid dienone is 2. The molecule has 18 heavy (non-hydrogen) atoms. The molecule has 1 fully saturated rings. The Labute approximate surface area is 108 Å². The predicted octanol–water partition coefficient (Wildman–Crippen LogP) is 2.02. The van der Waals surface area contributed by atoms with Gasteiger partial charge in [0.1, 0.15) is 6.61 Å². The fraction of sp³-hybridized carbons (Fsp3) is 0.500. The lowest BCUT2D eigenvalue weighted by atomic mass is 10.1. The zero-order valence-corrected chi connectivity index (χ0v) is 11.0. The minimum atomic E-state index is -0.646. The third-order valence-electron chi connectivity index (χ3n) is 2.50. The van der Waals surface area contributed by atoms with Crippen LogP contribution >= 0.6 is 0 Å². The molecule has 4 nitrogen and oxygen atoms in total. The molecule has 1 rings (SSSR count). The second kappa shape index (κ2) is 6.52. The third-order valence-corrected chi connectivity index (χ3v) is 2.50. The topological polar surface area (TPSA) is 44.8 Å². The molecule has 0 amide bonds. The summed E-state index contributed by atoms with van der Waals surface area (Å²) in [5, 5.41) is 0. The third kappa shape index (κ3) is 4.47. The highest BCUT2D eigenvalue weighted by Gasteiger charge is 2.33. The molecule has 1 unspecified atom stereocenters. The van der Waals surface area contributed by atoms with Gasteiger partial charge in [-0.3, -0.25) is 0 Å². The quantitative estimate of drug-likeness (QED) is 0.554. The summed E-state index contributed by atoms with van der Waals surface area (Å²) in [6, 6.07) is 0. The van der Waals surface area contributed by atoms with Crippen molar-refractivity contribution in [3.8, 4) is 0 Å². The van der Waals surface area contributed by atoms with Crippen molar-refractivity contribution in [3.63, 3.8) is 0 Å². The maximum atomic E-state index is 11.7. The van der Waals surface area contributed by atoms with E-state index in [0.29, 0.717) is 6.61 Å². The van der Waals surface area contributed by atoms with Crippen LogP contribution in [0.15, 0.2) is 37.0 Å². The van der Waals surface area contributed by atoms with Crippen molar-refractivity contribution < 1.29 is 19.0 Å². The number of hydrogen-bond donors (Lipinski definition) is 0. The van der Waals surface area contributed by atoms with Gasteiger partial charge in [0.05, 0.1) is 18.8 Å². The van der Waals surface area contributed by atoms with Gasteiger partial charge in [0, 0.05) is 0 Å². The van der Waals surface area contributed by atoms with Gasteiger partial charge in [-0.15, -0.1) is 0 Å². The zero-order valence-electron chi connectivity index (χ0n) is 11.0. The van der Waals surface area contributed by atoms with E-state index in [1.807, 2.05) is 13.8 Å². The lowest BCUT2D eigenvalue weighted by Crippen LogP contribution is -2.46. The second-order valence-electron chi connectivity index (χ2n) is 4.66. The van der Waals surface area contributed by atoms with Crippen molar-refractivity contribution in [2.24, 2.45) is 0 Å². The molecule has 0 N–H and O–H groups in total. The van der Waals surface area contributed by atoms with Crippen LogP contribution in [0.4, 0.5) is 0 Å². The van der Waals surface area contributed by atoms with Crippen molar-refractivity contribution in [1.29, 1.82) is 0 Å². The largest absolute Gasteiger partial charge is 0.459 e. The Morgan fingerprint density at radius 1 is 1.50 bits per heavy atom. The van der Waals surface area contributed by atoms with Crippen LogP contribution in [0.5, 0.6) is 0 Å². The van der Waals surface area contributed by atoms with Gasteiger partial charge >= 0.3 is 5.97 Å². The molecule has 0 aromatic carbocycles. The van der Waals surface area contributed by atoms with Gasteiger partial charge in [-0.05, 0) is 19.4 Å². The Morgan fingerprint density at radius 2 is 2.22 bits per heavy atom. The first-order valence-corrected chi connectivity index (χ1v) is 5.85. The lowest BCUT2D eigenvalue weighted by molar-refractivity contribution is -0.197. The summed E-state index contributed by atoms with van der Waals surface area (Å²) in [5.41, 5.74) is 0.446. The average Bonchev–Trinajstić information content (AvgIpc) is 2.34. The van der Waals surface area contributed by atoms with Crippen LogP contribution in [0.3, 0.4) is 0 Å². The number of esters is 1. The van der Waals surface area contributed by atoms with Crippen molar-refractivity contribution in [2.75, 3.05) is 19.8 Å². The van der Waals surface area contributed by atoms with Gasteiger partial charge in [-0.25, -0.2) is 4.79 Å². The number of carbonyl (C=O) groups is 1. The molecule has 0 radical (unpaired) electrons. The minimum absolute atomic E-state index is 0.164. The maximum absolute atomic E-state index is 11.7. The molecule has 4 heteroatoms. The highest BCUT2D eigenvalue weighted by atomic mass is 16.6. The van der Waals surface area contributed by atoms with Crippen LogP contribution in [0.25, 0.3) is 0 Å². The highest BCUT2D eigenvalue weighted by Crippen LogP contribution is 2.18. The normalized spacial score (nSPS) is 23.2. The molecule has 0 aromatic heterocycles. The Kier molecular flexibility index (Phi) is 5.31.